The van der Waals surface area contributed by atoms with Crippen LogP contribution in [0.25, 0.3) is 5.69 Å². The van der Waals surface area contributed by atoms with Crippen LogP contribution in [0.1, 0.15) is 10.5 Å². The van der Waals surface area contributed by atoms with Crippen molar-refractivity contribution in [2.45, 2.75) is 0 Å². The van der Waals surface area contributed by atoms with Crippen molar-refractivity contribution in [2.75, 3.05) is 0 Å². The van der Waals surface area contributed by atoms with Crippen molar-refractivity contribution in [3.63, 3.8) is 0 Å². The van der Waals surface area contributed by atoms with Crippen molar-refractivity contribution >= 4 is 5.97 Å². The number of nitrogens with zero attached hydrogens (tertiary/aromatic N) is 2. The summed E-state index contributed by atoms with van der Waals surface area (Å²) in [4.78, 5) is 10.6. The summed E-state index contributed by atoms with van der Waals surface area (Å²) in [5.41, 5.74) is 0.429. The summed E-state index contributed by atoms with van der Waals surface area (Å²) in [5.74, 6) is -1.36. The first-order valence-electron chi connectivity index (χ1n) is 4.26. The molecule has 0 saturated heterocycles. The van der Waals surface area contributed by atoms with Crippen molar-refractivity contribution < 1.29 is 15.0 Å². The molecular weight excluding hydrogens is 196 g/mol. The Morgan fingerprint density at radius 1 is 1.27 bits per heavy atom. The monoisotopic (exact) mass is 204 g/mol. The van der Waals surface area contributed by atoms with E-state index in [1.807, 2.05) is 6.07 Å². The van der Waals surface area contributed by atoms with Crippen LogP contribution in [0.3, 0.4) is 0 Å². The smallest absolute Gasteiger partial charge is 0.356 e. The summed E-state index contributed by atoms with van der Waals surface area (Å²) < 4.78 is 1.17. The summed E-state index contributed by atoms with van der Waals surface area (Å²) in [6, 6.07) is 9.92. The number of hydrogen-bond acceptors (Lipinski definition) is 3. The minimum absolute atomic E-state index is 0.184. The predicted octanol–water partition coefficient (Wildman–Crippen LogP) is 1.28. The SMILES string of the molecule is O=C(O)c1cc(O)n(-c2ccccc2)n1. The molecule has 0 atom stereocenters. The molecule has 5 nitrogen and oxygen atoms in total. The zero-order valence-electron chi connectivity index (χ0n) is 7.66. The number of aromatic nitrogens is 2. The zero-order chi connectivity index (χ0) is 10.8. The van der Waals surface area contributed by atoms with Crippen molar-refractivity contribution in [3.8, 4) is 11.6 Å². The topological polar surface area (TPSA) is 75.3 Å². The van der Waals surface area contributed by atoms with Crippen molar-refractivity contribution in [3.05, 3.63) is 42.1 Å². The van der Waals surface area contributed by atoms with E-state index in [0.29, 0.717) is 5.69 Å². The van der Waals surface area contributed by atoms with Gasteiger partial charge in [-0.05, 0) is 12.1 Å². The van der Waals surface area contributed by atoms with Gasteiger partial charge in [-0.2, -0.15) is 5.10 Å². The number of benzene rings is 1. The van der Waals surface area contributed by atoms with Gasteiger partial charge in [-0.1, -0.05) is 18.2 Å². The Morgan fingerprint density at radius 3 is 2.47 bits per heavy atom. The second-order valence-electron chi connectivity index (χ2n) is 2.94. The van der Waals surface area contributed by atoms with Gasteiger partial charge in [-0.25, -0.2) is 9.48 Å². The molecule has 0 aliphatic carbocycles. The third kappa shape index (κ3) is 1.67. The summed E-state index contributed by atoms with van der Waals surface area (Å²) in [6.45, 7) is 0. The van der Waals surface area contributed by atoms with Gasteiger partial charge in [0.25, 0.3) is 0 Å². The predicted molar refractivity (Wildman–Crippen MR) is 52.2 cm³/mol. The number of carboxylic acids is 1. The maximum absolute atomic E-state index is 10.6. The molecule has 0 unspecified atom stereocenters. The molecule has 1 aromatic heterocycles. The second kappa shape index (κ2) is 3.45. The lowest BCUT2D eigenvalue weighted by atomic mass is 10.3. The highest BCUT2D eigenvalue weighted by Crippen LogP contribution is 2.17. The Bertz CT molecular complexity index is 491. The van der Waals surface area contributed by atoms with E-state index in [1.165, 1.54) is 4.68 Å². The van der Waals surface area contributed by atoms with Gasteiger partial charge in [0.05, 0.1) is 5.69 Å². The minimum atomic E-state index is -1.17. The first-order chi connectivity index (χ1) is 7.18. The molecule has 15 heavy (non-hydrogen) atoms. The van der Waals surface area contributed by atoms with E-state index >= 15 is 0 Å². The molecule has 1 aromatic carbocycles. The normalized spacial score (nSPS) is 10.1. The van der Waals surface area contributed by atoms with Crippen LogP contribution in [0.15, 0.2) is 36.4 Å². The first-order valence-corrected chi connectivity index (χ1v) is 4.26. The number of para-hydroxylation sites is 1. The van der Waals surface area contributed by atoms with E-state index in [0.717, 1.165) is 6.07 Å². The highest BCUT2D eigenvalue weighted by Gasteiger charge is 2.12. The van der Waals surface area contributed by atoms with Crippen LogP contribution < -0.4 is 0 Å². The van der Waals surface area contributed by atoms with E-state index in [1.54, 1.807) is 24.3 Å². The fourth-order valence-corrected chi connectivity index (χ4v) is 1.23. The molecule has 0 aliphatic heterocycles. The molecule has 1 heterocycles. The van der Waals surface area contributed by atoms with E-state index in [4.69, 9.17) is 5.11 Å². The van der Waals surface area contributed by atoms with Crippen molar-refractivity contribution in [1.82, 2.24) is 9.78 Å². The maximum Gasteiger partial charge on any atom is 0.356 e. The molecule has 0 aliphatic rings. The average molecular weight is 204 g/mol. The van der Waals surface area contributed by atoms with Gasteiger partial charge < -0.3 is 10.2 Å². The lowest BCUT2D eigenvalue weighted by Gasteiger charge is -2.00. The van der Waals surface area contributed by atoms with Gasteiger partial charge >= 0.3 is 5.97 Å². The summed E-state index contributed by atoms with van der Waals surface area (Å²) in [7, 11) is 0. The number of hydrogen-bond donors (Lipinski definition) is 2. The van der Waals surface area contributed by atoms with Crippen LogP contribution in [-0.4, -0.2) is 26.0 Å². The van der Waals surface area contributed by atoms with Gasteiger partial charge in [0.1, 0.15) is 0 Å². The molecule has 0 fully saturated rings. The van der Waals surface area contributed by atoms with Gasteiger partial charge in [-0.3, -0.25) is 0 Å². The minimum Gasteiger partial charge on any atom is -0.493 e. The number of carbonyl (C=O) groups is 1. The van der Waals surface area contributed by atoms with E-state index in [9.17, 15) is 9.90 Å². The molecule has 0 radical (unpaired) electrons. The van der Waals surface area contributed by atoms with E-state index in [2.05, 4.69) is 5.10 Å². The molecule has 0 spiro atoms. The van der Waals surface area contributed by atoms with Crippen molar-refractivity contribution in [1.29, 1.82) is 0 Å². The molecule has 2 rings (SSSR count). The quantitative estimate of drug-likeness (QED) is 0.772. The third-order valence-corrected chi connectivity index (χ3v) is 1.91. The highest BCUT2D eigenvalue weighted by atomic mass is 16.4. The van der Waals surface area contributed by atoms with Crippen LogP contribution in [-0.2, 0) is 0 Å². The molecule has 2 aromatic rings. The summed E-state index contributed by atoms with van der Waals surface area (Å²) in [6.07, 6.45) is 0. The van der Waals surface area contributed by atoms with Crippen LogP contribution in [0.5, 0.6) is 5.88 Å². The van der Waals surface area contributed by atoms with Crippen LogP contribution in [0, 0.1) is 0 Å². The fourth-order valence-electron chi connectivity index (χ4n) is 1.23. The Morgan fingerprint density at radius 2 is 1.93 bits per heavy atom. The van der Waals surface area contributed by atoms with Crippen molar-refractivity contribution in [2.24, 2.45) is 0 Å². The standard InChI is InChI=1S/C10H8N2O3/c13-9-6-8(10(14)15)11-12(9)7-4-2-1-3-5-7/h1-6,13H,(H,14,15). The third-order valence-electron chi connectivity index (χ3n) is 1.91. The van der Waals surface area contributed by atoms with E-state index in [-0.39, 0.29) is 11.6 Å². The molecule has 2 N–H and O–H groups in total. The van der Waals surface area contributed by atoms with Crippen LogP contribution in [0.4, 0.5) is 0 Å². The van der Waals surface area contributed by atoms with Gasteiger partial charge in [0.2, 0.25) is 5.88 Å². The zero-order valence-corrected chi connectivity index (χ0v) is 7.66. The summed E-state index contributed by atoms with van der Waals surface area (Å²) in [5, 5.41) is 21.9. The number of carboxylic acid groups (broad SMARTS) is 1. The molecule has 0 saturated carbocycles. The highest BCUT2D eigenvalue weighted by molar-refractivity contribution is 5.85. The number of rotatable bonds is 2. The van der Waals surface area contributed by atoms with Gasteiger partial charge in [0.15, 0.2) is 5.69 Å². The van der Waals surface area contributed by atoms with Gasteiger partial charge in [-0.15, -0.1) is 0 Å². The average Bonchev–Trinajstić information content (AvgIpc) is 2.62. The fraction of sp³-hybridized carbons (Fsp3) is 0. The molecule has 0 amide bonds. The van der Waals surface area contributed by atoms with E-state index < -0.39 is 5.97 Å². The largest absolute Gasteiger partial charge is 0.493 e. The van der Waals surface area contributed by atoms with Crippen LogP contribution in [0.2, 0.25) is 0 Å². The number of aromatic hydroxyl groups is 1. The Labute approximate surface area is 85.2 Å². The Kier molecular flexibility index (Phi) is 2.13. The molecule has 76 valence electrons. The number of aromatic carboxylic acids is 1. The molecule has 5 heteroatoms. The molecular formula is C10H8N2O3. The Hall–Kier alpha value is -2.30. The van der Waals surface area contributed by atoms with Crippen LogP contribution >= 0.6 is 0 Å². The second-order valence-corrected chi connectivity index (χ2v) is 2.94. The van der Waals surface area contributed by atoms with Gasteiger partial charge in [0, 0.05) is 6.07 Å². The first kappa shape index (κ1) is 9.26. The summed E-state index contributed by atoms with van der Waals surface area (Å²) >= 11 is 0. The molecule has 0 bridgehead atoms. The maximum atomic E-state index is 10.6. The Balaban J connectivity index is 2.50. The lowest BCUT2D eigenvalue weighted by molar-refractivity contribution is 0.0690. The lowest BCUT2D eigenvalue weighted by Crippen LogP contribution is -2.00.